The molecule has 132 valence electrons. The number of hydrogen-bond donors (Lipinski definition) is 0. The molecular weight excluding hydrogens is 284 g/mol. The van der Waals surface area contributed by atoms with Crippen LogP contribution in [0.5, 0.6) is 5.75 Å². The molecule has 0 unspecified atom stereocenters. The summed E-state index contributed by atoms with van der Waals surface area (Å²) in [6.07, 6.45) is 3.50. The SMILES string of the molecule is CC(C)CCOCCOc1ccc(CCC(C)C)cc1C(C)C. The third-order valence-corrected chi connectivity index (χ3v) is 4.03. The van der Waals surface area contributed by atoms with Crippen molar-refractivity contribution in [2.45, 2.75) is 66.7 Å². The molecule has 2 nitrogen and oxygen atoms in total. The lowest BCUT2D eigenvalue weighted by Crippen LogP contribution is -2.10. The second kappa shape index (κ2) is 10.7. The average molecular weight is 321 g/mol. The Morgan fingerprint density at radius 1 is 0.826 bits per heavy atom. The van der Waals surface area contributed by atoms with Gasteiger partial charge in [0.25, 0.3) is 0 Å². The van der Waals surface area contributed by atoms with E-state index < -0.39 is 0 Å². The quantitative estimate of drug-likeness (QED) is 0.477. The third-order valence-electron chi connectivity index (χ3n) is 4.03. The van der Waals surface area contributed by atoms with Crippen LogP contribution in [0.4, 0.5) is 0 Å². The monoisotopic (exact) mass is 320 g/mol. The highest BCUT2D eigenvalue weighted by Crippen LogP contribution is 2.28. The minimum absolute atomic E-state index is 0.478. The molecule has 0 spiro atoms. The van der Waals surface area contributed by atoms with Crippen LogP contribution in [-0.4, -0.2) is 19.8 Å². The highest BCUT2D eigenvalue weighted by Gasteiger charge is 2.10. The van der Waals surface area contributed by atoms with Gasteiger partial charge in [-0.1, -0.05) is 53.7 Å². The van der Waals surface area contributed by atoms with Gasteiger partial charge in [0.05, 0.1) is 6.61 Å². The fourth-order valence-corrected chi connectivity index (χ4v) is 2.42. The molecule has 0 N–H and O–H groups in total. The van der Waals surface area contributed by atoms with Crippen molar-refractivity contribution >= 4 is 0 Å². The van der Waals surface area contributed by atoms with Gasteiger partial charge in [-0.2, -0.15) is 0 Å². The maximum absolute atomic E-state index is 5.96. The van der Waals surface area contributed by atoms with Crippen molar-refractivity contribution < 1.29 is 9.47 Å². The lowest BCUT2D eigenvalue weighted by molar-refractivity contribution is 0.0922. The summed E-state index contributed by atoms with van der Waals surface area (Å²) in [5.41, 5.74) is 2.73. The van der Waals surface area contributed by atoms with E-state index in [9.17, 15) is 0 Å². The van der Waals surface area contributed by atoms with Crippen LogP contribution in [-0.2, 0) is 11.2 Å². The van der Waals surface area contributed by atoms with E-state index in [4.69, 9.17) is 9.47 Å². The van der Waals surface area contributed by atoms with Gasteiger partial charge in [-0.25, -0.2) is 0 Å². The van der Waals surface area contributed by atoms with Crippen LogP contribution < -0.4 is 4.74 Å². The molecule has 0 aliphatic heterocycles. The Balaban J connectivity index is 2.50. The van der Waals surface area contributed by atoms with E-state index in [0.717, 1.165) is 31.1 Å². The highest BCUT2D eigenvalue weighted by molar-refractivity contribution is 5.39. The molecule has 0 radical (unpaired) electrons. The molecule has 0 aliphatic carbocycles. The summed E-state index contributed by atoms with van der Waals surface area (Å²) < 4.78 is 11.6. The van der Waals surface area contributed by atoms with Gasteiger partial charge in [0.2, 0.25) is 0 Å². The first kappa shape index (κ1) is 20.0. The lowest BCUT2D eigenvalue weighted by Gasteiger charge is -2.16. The van der Waals surface area contributed by atoms with Crippen LogP contribution in [0.15, 0.2) is 18.2 Å². The van der Waals surface area contributed by atoms with E-state index >= 15 is 0 Å². The van der Waals surface area contributed by atoms with Gasteiger partial charge in [0, 0.05) is 6.61 Å². The lowest BCUT2D eigenvalue weighted by atomic mass is 9.96. The Morgan fingerprint density at radius 3 is 2.13 bits per heavy atom. The molecule has 0 aromatic heterocycles. The van der Waals surface area contributed by atoms with Crippen LogP contribution in [0.1, 0.15) is 71.4 Å². The summed E-state index contributed by atoms with van der Waals surface area (Å²) in [4.78, 5) is 0. The predicted molar refractivity (Wildman–Crippen MR) is 99.5 cm³/mol. The Morgan fingerprint density at radius 2 is 1.52 bits per heavy atom. The van der Waals surface area contributed by atoms with Crippen molar-refractivity contribution in [3.63, 3.8) is 0 Å². The zero-order chi connectivity index (χ0) is 17.2. The van der Waals surface area contributed by atoms with Gasteiger partial charge in [-0.15, -0.1) is 0 Å². The van der Waals surface area contributed by atoms with Gasteiger partial charge in [0.1, 0.15) is 12.4 Å². The van der Waals surface area contributed by atoms with Crippen molar-refractivity contribution in [3.8, 4) is 5.75 Å². The second-order valence-electron chi connectivity index (χ2n) is 7.60. The van der Waals surface area contributed by atoms with Gasteiger partial charge in [-0.3, -0.25) is 0 Å². The van der Waals surface area contributed by atoms with Gasteiger partial charge in [-0.05, 0) is 54.2 Å². The number of benzene rings is 1. The Labute approximate surface area is 143 Å². The second-order valence-corrected chi connectivity index (χ2v) is 7.60. The zero-order valence-electron chi connectivity index (χ0n) is 16.0. The molecular formula is C21H36O2. The maximum Gasteiger partial charge on any atom is 0.122 e. The fraction of sp³-hybridized carbons (Fsp3) is 0.714. The van der Waals surface area contributed by atoms with E-state index in [2.05, 4.69) is 59.7 Å². The molecule has 1 aromatic carbocycles. The van der Waals surface area contributed by atoms with E-state index in [0.29, 0.717) is 25.0 Å². The minimum atomic E-state index is 0.478. The molecule has 2 heteroatoms. The van der Waals surface area contributed by atoms with Crippen molar-refractivity contribution in [2.24, 2.45) is 11.8 Å². The van der Waals surface area contributed by atoms with Crippen molar-refractivity contribution in [2.75, 3.05) is 19.8 Å². The summed E-state index contributed by atoms with van der Waals surface area (Å²) in [5, 5.41) is 0. The van der Waals surface area contributed by atoms with Crippen LogP contribution in [0.25, 0.3) is 0 Å². The van der Waals surface area contributed by atoms with Crippen molar-refractivity contribution in [1.82, 2.24) is 0 Å². The molecule has 0 amide bonds. The van der Waals surface area contributed by atoms with Crippen molar-refractivity contribution in [1.29, 1.82) is 0 Å². The van der Waals surface area contributed by atoms with Crippen LogP contribution in [0.2, 0.25) is 0 Å². The summed E-state index contributed by atoms with van der Waals surface area (Å²) >= 11 is 0. The third kappa shape index (κ3) is 8.41. The highest BCUT2D eigenvalue weighted by atomic mass is 16.5. The maximum atomic E-state index is 5.96. The topological polar surface area (TPSA) is 18.5 Å². The van der Waals surface area contributed by atoms with Crippen molar-refractivity contribution in [3.05, 3.63) is 29.3 Å². The van der Waals surface area contributed by atoms with E-state index in [1.54, 1.807) is 0 Å². The zero-order valence-corrected chi connectivity index (χ0v) is 16.0. The fourth-order valence-electron chi connectivity index (χ4n) is 2.42. The standard InChI is InChI=1S/C21H36O2/c1-16(2)7-8-19-9-10-21(20(15-19)18(5)6)23-14-13-22-12-11-17(3)4/h9-10,15-18H,7-8,11-14H2,1-6H3. The largest absolute Gasteiger partial charge is 0.491 e. The summed E-state index contributed by atoms with van der Waals surface area (Å²) in [6, 6.07) is 6.67. The van der Waals surface area contributed by atoms with Crippen LogP contribution in [0.3, 0.4) is 0 Å². The molecule has 0 saturated carbocycles. The molecule has 0 fully saturated rings. The molecule has 0 bridgehead atoms. The van der Waals surface area contributed by atoms with Crippen LogP contribution in [0, 0.1) is 11.8 Å². The molecule has 23 heavy (non-hydrogen) atoms. The number of rotatable bonds is 11. The molecule has 0 saturated heterocycles. The first-order chi connectivity index (χ1) is 10.9. The van der Waals surface area contributed by atoms with Crippen LogP contribution >= 0.6 is 0 Å². The minimum Gasteiger partial charge on any atom is -0.491 e. The first-order valence-corrected chi connectivity index (χ1v) is 9.23. The van der Waals surface area contributed by atoms with E-state index in [-0.39, 0.29) is 0 Å². The molecule has 0 aliphatic rings. The Bertz CT molecular complexity index is 435. The average Bonchev–Trinajstić information content (AvgIpc) is 2.48. The summed E-state index contributed by atoms with van der Waals surface area (Å²) in [5.74, 6) is 2.94. The van der Waals surface area contributed by atoms with Gasteiger partial charge >= 0.3 is 0 Å². The predicted octanol–water partition coefficient (Wildman–Crippen LogP) is 5.84. The molecule has 0 atom stereocenters. The Kier molecular flexibility index (Phi) is 9.31. The smallest absolute Gasteiger partial charge is 0.122 e. The first-order valence-electron chi connectivity index (χ1n) is 9.23. The summed E-state index contributed by atoms with van der Waals surface area (Å²) in [6.45, 7) is 15.6. The van der Waals surface area contributed by atoms with E-state index in [1.807, 2.05) is 0 Å². The molecule has 0 heterocycles. The normalized spacial score (nSPS) is 11.7. The number of ether oxygens (including phenoxy) is 2. The number of hydrogen-bond acceptors (Lipinski definition) is 2. The van der Waals surface area contributed by atoms with Gasteiger partial charge in [0.15, 0.2) is 0 Å². The van der Waals surface area contributed by atoms with E-state index in [1.165, 1.54) is 17.5 Å². The summed E-state index contributed by atoms with van der Waals surface area (Å²) in [7, 11) is 0. The Hall–Kier alpha value is -1.02. The molecule has 1 aromatic rings. The molecule has 1 rings (SSSR count). The van der Waals surface area contributed by atoms with Gasteiger partial charge < -0.3 is 9.47 Å². The number of aryl methyl sites for hydroxylation is 1.